The van der Waals surface area contributed by atoms with Crippen LogP contribution in [0.5, 0.6) is 0 Å². The lowest BCUT2D eigenvalue weighted by Crippen LogP contribution is -2.22. The number of nitrogens with zero attached hydrogens (tertiary/aromatic N) is 3. The predicted octanol–water partition coefficient (Wildman–Crippen LogP) is 5.54. The van der Waals surface area contributed by atoms with Crippen LogP contribution < -0.4 is 16.0 Å². The van der Waals surface area contributed by atoms with E-state index in [0.29, 0.717) is 5.69 Å². The van der Waals surface area contributed by atoms with Crippen molar-refractivity contribution in [2.75, 3.05) is 37.8 Å². The Labute approximate surface area is 217 Å². The summed E-state index contributed by atoms with van der Waals surface area (Å²) < 4.78 is 41.6. The summed E-state index contributed by atoms with van der Waals surface area (Å²) in [5.41, 5.74) is 2.84. The summed E-state index contributed by atoms with van der Waals surface area (Å²) in [6.45, 7) is 1.64. The summed E-state index contributed by atoms with van der Waals surface area (Å²) in [6, 6.07) is 13.3. The van der Waals surface area contributed by atoms with Gasteiger partial charge in [0.05, 0.1) is 33.7 Å². The SMILES string of the molecule is CN(C)C(=O)c1ccccc1Nc1cc(Nc2ccc3[nH]nc(C4=CCNCC4)c3c2)ncc1C(F)(F)F. The average molecular weight is 522 g/mol. The second-order valence-electron chi connectivity index (χ2n) is 9.12. The molecule has 1 aliphatic rings. The number of alkyl halides is 3. The molecule has 1 amide bonds. The molecule has 2 aromatic heterocycles. The van der Waals surface area contributed by atoms with Crippen molar-refractivity contribution in [3.63, 3.8) is 0 Å². The third-order valence-corrected chi connectivity index (χ3v) is 6.25. The van der Waals surface area contributed by atoms with E-state index in [2.05, 4.69) is 37.2 Å². The van der Waals surface area contributed by atoms with Crippen LogP contribution in [0.25, 0.3) is 16.5 Å². The van der Waals surface area contributed by atoms with E-state index in [1.165, 1.54) is 11.0 Å². The van der Waals surface area contributed by atoms with Gasteiger partial charge in [0.1, 0.15) is 5.82 Å². The predicted molar refractivity (Wildman–Crippen MR) is 142 cm³/mol. The van der Waals surface area contributed by atoms with E-state index >= 15 is 0 Å². The number of carbonyl (C=O) groups excluding carboxylic acids is 1. The van der Waals surface area contributed by atoms with Crippen LogP contribution in [0, 0.1) is 0 Å². The van der Waals surface area contributed by atoms with Gasteiger partial charge in [0, 0.05) is 44.0 Å². The normalized spacial score (nSPS) is 13.8. The minimum Gasteiger partial charge on any atom is -0.354 e. The Morgan fingerprint density at radius 1 is 1.05 bits per heavy atom. The van der Waals surface area contributed by atoms with E-state index in [0.717, 1.165) is 47.9 Å². The molecule has 0 radical (unpaired) electrons. The number of fused-ring (bicyclic) bond motifs is 1. The molecule has 0 aliphatic carbocycles. The summed E-state index contributed by atoms with van der Waals surface area (Å²) >= 11 is 0. The van der Waals surface area contributed by atoms with Crippen molar-refractivity contribution in [1.29, 1.82) is 0 Å². The van der Waals surface area contributed by atoms with Gasteiger partial charge >= 0.3 is 6.18 Å². The molecule has 11 heteroatoms. The second-order valence-corrected chi connectivity index (χ2v) is 9.12. The number of aromatic amines is 1. The fraction of sp³-hybridized carbons (Fsp3) is 0.222. The summed E-state index contributed by atoms with van der Waals surface area (Å²) in [4.78, 5) is 18.0. The van der Waals surface area contributed by atoms with Crippen molar-refractivity contribution in [3.05, 3.63) is 77.6 Å². The van der Waals surface area contributed by atoms with Crippen molar-refractivity contribution in [3.8, 4) is 0 Å². The highest BCUT2D eigenvalue weighted by molar-refractivity contribution is 6.00. The van der Waals surface area contributed by atoms with Gasteiger partial charge in [-0.25, -0.2) is 4.98 Å². The number of aromatic nitrogens is 3. The first kappa shape index (κ1) is 25.3. The zero-order chi connectivity index (χ0) is 26.9. The Bertz CT molecular complexity index is 1520. The number of benzene rings is 2. The lowest BCUT2D eigenvalue weighted by molar-refractivity contribution is -0.137. The number of carbonyl (C=O) groups is 1. The summed E-state index contributed by atoms with van der Waals surface area (Å²) in [6.07, 6.45) is -0.914. The highest BCUT2D eigenvalue weighted by atomic mass is 19.4. The molecule has 4 N–H and O–H groups in total. The monoisotopic (exact) mass is 521 g/mol. The van der Waals surface area contributed by atoms with Crippen molar-refractivity contribution >= 4 is 45.3 Å². The largest absolute Gasteiger partial charge is 0.419 e. The molecule has 0 bridgehead atoms. The van der Waals surface area contributed by atoms with Gasteiger partial charge in [-0.05, 0) is 48.9 Å². The van der Waals surface area contributed by atoms with Gasteiger partial charge in [0.25, 0.3) is 5.91 Å². The second kappa shape index (κ2) is 10.2. The number of hydrogen-bond acceptors (Lipinski definition) is 6. The number of H-pyrrole nitrogens is 1. The lowest BCUT2D eigenvalue weighted by Gasteiger charge is -2.19. The lowest BCUT2D eigenvalue weighted by atomic mass is 10.0. The molecule has 1 aliphatic heterocycles. The number of rotatable bonds is 6. The van der Waals surface area contributed by atoms with Crippen molar-refractivity contribution < 1.29 is 18.0 Å². The first-order valence-corrected chi connectivity index (χ1v) is 12.0. The average Bonchev–Trinajstić information content (AvgIpc) is 3.32. The van der Waals surface area contributed by atoms with Crippen LogP contribution in [-0.2, 0) is 6.18 Å². The maximum atomic E-state index is 13.9. The Kier molecular flexibility index (Phi) is 6.77. The van der Waals surface area contributed by atoms with E-state index < -0.39 is 11.7 Å². The molecule has 0 atom stereocenters. The van der Waals surface area contributed by atoms with Crippen molar-refractivity contribution in [2.24, 2.45) is 0 Å². The molecule has 5 rings (SSSR count). The van der Waals surface area contributed by atoms with E-state index in [-0.39, 0.29) is 28.7 Å². The molecular weight excluding hydrogens is 495 g/mol. The number of anilines is 4. The zero-order valence-corrected chi connectivity index (χ0v) is 20.8. The van der Waals surface area contributed by atoms with Crippen LogP contribution in [0.3, 0.4) is 0 Å². The van der Waals surface area contributed by atoms with Crippen LogP contribution in [-0.4, -0.2) is 53.2 Å². The highest BCUT2D eigenvalue weighted by Crippen LogP contribution is 2.38. The molecule has 8 nitrogen and oxygen atoms in total. The minimum absolute atomic E-state index is 0.211. The number of halogens is 3. The van der Waals surface area contributed by atoms with Crippen molar-refractivity contribution in [1.82, 2.24) is 25.4 Å². The standard InChI is InChI=1S/C27H26F3N7O/c1-37(2)26(38)18-5-3-4-6-21(18)34-23-14-24(32-15-20(23)27(28,29)30)33-17-7-8-22-19(13-17)25(36-35-22)16-9-11-31-12-10-16/h3-9,13-15,31H,10-12H2,1-2H3,(H,35,36)(H2,32,33,34). The van der Waals surface area contributed by atoms with Gasteiger partial charge in [-0.3, -0.25) is 9.89 Å². The fourth-order valence-electron chi connectivity index (χ4n) is 4.34. The van der Waals surface area contributed by atoms with E-state index in [9.17, 15) is 18.0 Å². The van der Waals surface area contributed by atoms with Crippen LogP contribution in [0.1, 0.15) is 28.0 Å². The quantitative estimate of drug-likeness (QED) is 0.266. The van der Waals surface area contributed by atoms with Gasteiger partial charge in [-0.1, -0.05) is 18.2 Å². The number of amides is 1. The molecule has 0 spiro atoms. The van der Waals surface area contributed by atoms with Gasteiger partial charge in [0.15, 0.2) is 0 Å². The molecule has 2 aromatic carbocycles. The third kappa shape index (κ3) is 5.18. The Hall–Kier alpha value is -4.38. The number of hydrogen-bond donors (Lipinski definition) is 4. The Morgan fingerprint density at radius 2 is 1.87 bits per heavy atom. The molecular formula is C27H26F3N7O. The van der Waals surface area contributed by atoms with Crippen LogP contribution in [0.4, 0.5) is 36.1 Å². The van der Waals surface area contributed by atoms with Gasteiger partial charge < -0.3 is 20.9 Å². The third-order valence-electron chi connectivity index (χ3n) is 6.25. The molecule has 0 saturated heterocycles. The summed E-state index contributed by atoms with van der Waals surface area (Å²) in [7, 11) is 3.16. The number of pyridine rings is 1. The number of para-hydroxylation sites is 1. The summed E-state index contributed by atoms with van der Waals surface area (Å²) in [5.74, 6) is -0.121. The minimum atomic E-state index is -4.65. The first-order chi connectivity index (χ1) is 18.2. The van der Waals surface area contributed by atoms with E-state index in [1.807, 2.05) is 12.1 Å². The molecule has 4 aromatic rings. The van der Waals surface area contributed by atoms with Gasteiger partial charge in [0.2, 0.25) is 0 Å². The first-order valence-electron chi connectivity index (χ1n) is 12.0. The van der Waals surface area contributed by atoms with Crippen LogP contribution >= 0.6 is 0 Å². The molecule has 0 fully saturated rings. The van der Waals surface area contributed by atoms with E-state index in [1.54, 1.807) is 44.4 Å². The van der Waals surface area contributed by atoms with Gasteiger partial charge in [-0.2, -0.15) is 18.3 Å². The van der Waals surface area contributed by atoms with Crippen LogP contribution in [0.2, 0.25) is 0 Å². The Balaban J connectivity index is 1.49. The smallest absolute Gasteiger partial charge is 0.354 e. The molecule has 0 unspecified atom stereocenters. The van der Waals surface area contributed by atoms with Crippen molar-refractivity contribution in [2.45, 2.75) is 12.6 Å². The maximum absolute atomic E-state index is 13.9. The Morgan fingerprint density at radius 3 is 2.61 bits per heavy atom. The van der Waals surface area contributed by atoms with E-state index in [4.69, 9.17) is 0 Å². The number of nitrogens with one attached hydrogen (secondary N) is 4. The molecule has 196 valence electrons. The summed E-state index contributed by atoms with van der Waals surface area (Å²) in [5, 5.41) is 17.6. The molecule has 3 heterocycles. The maximum Gasteiger partial charge on any atom is 0.419 e. The van der Waals surface area contributed by atoms with Crippen LogP contribution in [0.15, 0.2) is 60.8 Å². The molecule has 38 heavy (non-hydrogen) atoms. The highest BCUT2D eigenvalue weighted by Gasteiger charge is 2.34. The fourth-order valence-corrected chi connectivity index (χ4v) is 4.34. The topological polar surface area (TPSA) is 98.0 Å². The molecule has 0 saturated carbocycles. The zero-order valence-electron chi connectivity index (χ0n) is 20.8. The van der Waals surface area contributed by atoms with Gasteiger partial charge in [-0.15, -0.1) is 0 Å².